The van der Waals surface area contributed by atoms with Crippen molar-refractivity contribution in [2.24, 2.45) is 5.16 Å². The number of halogens is 6. The Morgan fingerprint density at radius 2 is 1.90 bits per heavy atom. The Hall–Kier alpha value is -1.42. The van der Waals surface area contributed by atoms with Gasteiger partial charge in [0, 0.05) is 37.0 Å². The number of nitrogens with zero attached hydrogens (tertiary/aromatic N) is 1. The molecule has 0 aromatic heterocycles. The molecule has 1 unspecified atom stereocenters. The number of aliphatic carboxylic acids is 1. The number of rotatable bonds is 5. The molecule has 0 radical (unpaired) electrons. The van der Waals surface area contributed by atoms with Crippen LogP contribution >= 0.6 is 50.9 Å². The minimum atomic E-state index is -4.78. The van der Waals surface area contributed by atoms with E-state index in [9.17, 15) is 18.0 Å². The minimum absolute atomic E-state index is 0.0516. The SMILES string of the molecule is O=C(O)CSc1ccc(C2=NOC(c3cc(Cl)cc(Cl)c3)(C(F)(F)F)C2)cc1Br. The van der Waals surface area contributed by atoms with E-state index in [4.69, 9.17) is 33.1 Å². The highest BCUT2D eigenvalue weighted by molar-refractivity contribution is 9.10. The molecule has 1 aliphatic heterocycles. The molecule has 1 aliphatic rings. The molecule has 0 saturated heterocycles. The Kier molecular flexibility index (Phi) is 6.43. The third kappa shape index (κ3) is 4.68. The number of carboxylic acid groups (broad SMARTS) is 1. The van der Waals surface area contributed by atoms with Crippen molar-refractivity contribution in [3.8, 4) is 0 Å². The molecule has 2 aromatic carbocycles. The number of oxime groups is 1. The zero-order valence-electron chi connectivity index (χ0n) is 14.3. The molecule has 0 amide bonds. The number of thioether (sulfide) groups is 1. The average Bonchev–Trinajstić information content (AvgIpc) is 3.06. The number of carboxylic acids is 1. The molecule has 2 aromatic rings. The highest BCUT2D eigenvalue weighted by atomic mass is 79.9. The maximum absolute atomic E-state index is 14.0. The fourth-order valence-electron chi connectivity index (χ4n) is 2.78. The molecule has 154 valence electrons. The van der Waals surface area contributed by atoms with Gasteiger partial charge in [-0.25, -0.2) is 0 Å². The zero-order valence-corrected chi connectivity index (χ0v) is 18.2. The van der Waals surface area contributed by atoms with E-state index in [1.165, 1.54) is 6.07 Å². The lowest BCUT2D eigenvalue weighted by atomic mass is 9.86. The van der Waals surface area contributed by atoms with E-state index >= 15 is 0 Å². The summed E-state index contributed by atoms with van der Waals surface area (Å²) in [5.41, 5.74) is -2.45. The molecular weight excluding hydrogens is 518 g/mol. The van der Waals surface area contributed by atoms with Crippen LogP contribution in [-0.2, 0) is 15.2 Å². The molecule has 0 bridgehead atoms. The summed E-state index contributed by atoms with van der Waals surface area (Å²) in [7, 11) is 0. The van der Waals surface area contributed by atoms with Crippen LogP contribution in [0.2, 0.25) is 10.0 Å². The summed E-state index contributed by atoms with van der Waals surface area (Å²) in [6.45, 7) is 0. The summed E-state index contributed by atoms with van der Waals surface area (Å²) in [4.78, 5) is 16.3. The summed E-state index contributed by atoms with van der Waals surface area (Å²) in [5.74, 6) is -1.12. The van der Waals surface area contributed by atoms with Crippen molar-refractivity contribution in [2.45, 2.75) is 23.1 Å². The van der Waals surface area contributed by atoms with Crippen LogP contribution < -0.4 is 0 Å². The second-order valence-electron chi connectivity index (χ2n) is 6.12. The normalized spacial score (nSPS) is 19.0. The molecular formula is C18H11BrCl2F3NO3S. The van der Waals surface area contributed by atoms with Gasteiger partial charge in [0.25, 0.3) is 5.60 Å². The van der Waals surface area contributed by atoms with Crippen LogP contribution in [0.5, 0.6) is 0 Å². The number of carbonyl (C=O) groups is 1. The van der Waals surface area contributed by atoms with Gasteiger partial charge in [-0.15, -0.1) is 11.8 Å². The van der Waals surface area contributed by atoms with Gasteiger partial charge in [0.15, 0.2) is 0 Å². The Bertz CT molecular complexity index is 983. The first-order valence-electron chi connectivity index (χ1n) is 7.95. The van der Waals surface area contributed by atoms with Crippen LogP contribution in [0.25, 0.3) is 0 Å². The first-order chi connectivity index (χ1) is 13.5. The highest BCUT2D eigenvalue weighted by Gasteiger charge is 2.62. The number of hydrogen-bond donors (Lipinski definition) is 1. The lowest BCUT2D eigenvalue weighted by Gasteiger charge is -2.29. The Balaban J connectivity index is 1.93. The fourth-order valence-corrected chi connectivity index (χ4v) is 4.67. The summed E-state index contributed by atoms with van der Waals surface area (Å²) in [6, 6.07) is 8.39. The Labute approximate surface area is 186 Å². The van der Waals surface area contributed by atoms with Crippen LogP contribution in [0.3, 0.4) is 0 Å². The van der Waals surface area contributed by atoms with Gasteiger partial charge >= 0.3 is 12.1 Å². The van der Waals surface area contributed by atoms with Gasteiger partial charge in [-0.2, -0.15) is 13.2 Å². The summed E-state index contributed by atoms with van der Waals surface area (Å²) >= 11 is 16.2. The lowest BCUT2D eigenvalue weighted by molar-refractivity contribution is -0.275. The fraction of sp³-hybridized carbons (Fsp3) is 0.222. The number of hydrogen-bond acceptors (Lipinski definition) is 4. The van der Waals surface area contributed by atoms with E-state index in [2.05, 4.69) is 21.1 Å². The maximum atomic E-state index is 14.0. The van der Waals surface area contributed by atoms with Crippen LogP contribution in [0.1, 0.15) is 17.5 Å². The molecule has 0 saturated carbocycles. The Morgan fingerprint density at radius 1 is 1.24 bits per heavy atom. The van der Waals surface area contributed by atoms with Crippen LogP contribution in [0.4, 0.5) is 13.2 Å². The van der Waals surface area contributed by atoms with Gasteiger partial charge in [-0.05, 0) is 46.3 Å². The summed E-state index contributed by atoms with van der Waals surface area (Å²) < 4.78 is 42.6. The molecule has 3 rings (SSSR count). The van der Waals surface area contributed by atoms with Crippen LogP contribution in [0.15, 0.2) is 50.9 Å². The molecule has 29 heavy (non-hydrogen) atoms. The maximum Gasteiger partial charge on any atom is 0.435 e. The van der Waals surface area contributed by atoms with Crippen molar-refractivity contribution < 1.29 is 27.9 Å². The van der Waals surface area contributed by atoms with Crippen molar-refractivity contribution in [3.05, 3.63) is 62.0 Å². The number of alkyl halides is 3. The van der Waals surface area contributed by atoms with E-state index in [0.29, 0.717) is 14.9 Å². The molecule has 1 atom stereocenters. The van der Waals surface area contributed by atoms with Gasteiger partial charge in [0.05, 0.1) is 11.5 Å². The van der Waals surface area contributed by atoms with E-state index in [1.807, 2.05) is 0 Å². The van der Waals surface area contributed by atoms with Gasteiger partial charge < -0.3 is 9.94 Å². The van der Waals surface area contributed by atoms with E-state index < -0.39 is 24.2 Å². The molecule has 0 fully saturated rings. The smallest absolute Gasteiger partial charge is 0.435 e. The Morgan fingerprint density at radius 3 is 2.45 bits per heavy atom. The number of benzene rings is 2. The standard InChI is InChI=1S/C18H11BrCl2F3NO3S/c19-13-3-9(1-2-15(13)29-8-16(26)27)14-7-17(28-25-14,18(22,23)24)10-4-11(20)6-12(21)5-10/h1-6H,7-8H2,(H,26,27). The van der Waals surface area contributed by atoms with E-state index in [1.54, 1.807) is 18.2 Å². The second-order valence-corrected chi connectivity index (χ2v) is 8.86. The zero-order chi connectivity index (χ0) is 21.4. The third-order valence-electron chi connectivity index (χ3n) is 4.13. The van der Waals surface area contributed by atoms with Crippen LogP contribution in [0, 0.1) is 0 Å². The molecule has 4 nitrogen and oxygen atoms in total. The van der Waals surface area contributed by atoms with Gasteiger partial charge in [0.1, 0.15) is 0 Å². The van der Waals surface area contributed by atoms with Gasteiger partial charge in [0.2, 0.25) is 0 Å². The monoisotopic (exact) mass is 527 g/mol. The lowest BCUT2D eigenvalue weighted by Crippen LogP contribution is -2.42. The van der Waals surface area contributed by atoms with Crippen molar-refractivity contribution in [2.75, 3.05) is 5.75 Å². The molecule has 1 N–H and O–H groups in total. The minimum Gasteiger partial charge on any atom is -0.481 e. The quantitative estimate of drug-likeness (QED) is 0.449. The third-order valence-corrected chi connectivity index (χ3v) is 6.54. The summed E-state index contributed by atoms with van der Waals surface area (Å²) in [5, 5.41) is 12.6. The van der Waals surface area contributed by atoms with Crippen molar-refractivity contribution in [1.82, 2.24) is 0 Å². The predicted octanol–water partition coefficient (Wildman–Crippen LogP) is 6.51. The van der Waals surface area contributed by atoms with Gasteiger partial charge in [-0.1, -0.05) is 34.4 Å². The van der Waals surface area contributed by atoms with Crippen molar-refractivity contribution in [1.29, 1.82) is 0 Å². The topological polar surface area (TPSA) is 58.9 Å². The second kappa shape index (κ2) is 8.37. The van der Waals surface area contributed by atoms with E-state index in [0.717, 1.165) is 23.9 Å². The largest absolute Gasteiger partial charge is 0.481 e. The first-order valence-corrected chi connectivity index (χ1v) is 10.5. The van der Waals surface area contributed by atoms with Crippen molar-refractivity contribution in [3.63, 3.8) is 0 Å². The van der Waals surface area contributed by atoms with Crippen molar-refractivity contribution >= 4 is 62.6 Å². The van der Waals surface area contributed by atoms with Crippen LogP contribution in [-0.4, -0.2) is 28.7 Å². The van der Waals surface area contributed by atoms with E-state index in [-0.39, 0.29) is 27.1 Å². The molecule has 1 heterocycles. The molecule has 11 heteroatoms. The average molecular weight is 529 g/mol. The molecule has 0 spiro atoms. The highest BCUT2D eigenvalue weighted by Crippen LogP contribution is 2.49. The van der Waals surface area contributed by atoms with Gasteiger partial charge in [-0.3, -0.25) is 4.79 Å². The first kappa shape index (κ1) is 22.3. The predicted molar refractivity (Wildman–Crippen MR) is 109 cm³/mol. The summed E-state index contributed by atoms with van der Waals surface area (Å²) in [6.07, 6.45) is -5.35. The molecule has 0 aliphatic carbocycles.